The van der Waals surface area contributed by atoms with E-state index in [1.807, 2.05) is 30.3 Å². The predicted molar refractivity (Wildman–Crippen MR) is 91.3 cm³/mol. The molecule has 25 heavy (non-hydrogen) atoms. The number of hydrogen-bond donors (Lipinski definition) is 0. The van der Waals surface area contributed by atoms with Crippen molar-refractivity contribution in [3.05, 3.63) is 70.3 Å². The van der Waals surface area contributed by atoms with Gasteiger partial charge in [-0.1, -0.05) is 49.6 Å². The first-order valence-electron chi connectivity index (χ1n) is 8.29. The minimum atomic E-state index is -0.804. The number of non-ortho nitro benzene ring substituents is 1. The fourth-order valence-corrected chi connectivity index (χ4v) is 2.82. The third-order valence-corrected chi connectivity index (χ3v) is 4.43. The Bertz CT molecular complexity index is 725. The van der Waals surface area contributed by atoms with Crippen molar-refractivity contribution in [1.82, 2.24) is 0 Å². The molecule has 0 bridgehead atoms. The van der Waals surface area contributed by atoms with Crippen molar-refractivity contribution in [2.45, 2.75) is 31.8 Å². The first-order valence-corrected chi connectivity index (χ1v) is 8.29. The van der Waals surface area contributed by atoms with Crippen LogP contribution in [-0.4, -0.2) is 11.1 Å². The highest BCUT2D eigenvalue weighted by Gasteiger charge is 2.26. The lowest BCUT2D eigenvalue weighted by Crippen LogP contribution is -2.21. The van der Waals surface area contributed by atoms with E-state index in [1.165, 1.54) is 30.7 Å². The van der Waals surface area contributed by atoms with Crippen LogP contribution in [0.2, 0.25) is 0 Å². The number of nitrogens with zero attached hydrogens (tertiary/aromatic N) is 1. The maximum Gasteiger partial charge on any atom is 0.514 e. The van der Waals surface area contributed by atoms with Gasteiger partial charge in [-0.15, -0.1) is 0 Å². The van der Waals surface area contributed by atoms with Crippen molar-refractivity contribution < 1.29 is 19.2 Å². The van der Waals surface area contributed by atoms with Crippen LogP contribution < -0.4 is 4.74 Å². The Balaban J connectivity index is 1.64. The SMILES string of the molecule is O=C(Oc1ccc([N+](=O)[O-])cc1)O[C@H](CC1CCC1)c1ccccc1. The summed E-state index contributed by atoms with van der Waals surface area (Å²) in [6.07, 6.45) is 3.16. The molecule has 1 atom stereocenters. The quantitative estimate of drug-likeness (QED) is 0.318. The highest BCUT2D eigenvalue weighted by atomic mass is 16.7. The Morgan fingerprint density at radius 1 is 1.12 bits per heavy atom. The van der Waals surface area contributed by atoms with E-state index < -0.39 is 11.1 Å². The van der Waals surface area contributed by atoms with Crippen molar-refractivity contribution in [2.75, 3.05) is 0 Å². The zero-order valence-corrected chi connectivity index (χ0v) is 13.7. The maximum atomic E-state index is 12.1. The second-order valence-electron chi connectivity index (χ2n) is 6.15. The van der Waals surface area contributed by atoms with E-state index in [0.29, 0.717) is 5.92 Å². The molecule has 0 unspecified atom stereocenters. The van der Waals surface area contributed by atoms with Crippen LogP contribution in [0.5, 0.6) is 5.75 Å². The molecule has 0 radical (unpaired) electrons. The van der Waals surface area contributed by atoms with Crippen LogP contribution in [0.1, 0.15) is 37.4 Å². The molecule has 0 aliphatic heterocycles. The molecule has 130 valence electrons. The first kappa shape index (κ1) is 17.0. The lowest BCUT2D eigenvalue weighted by Gasteiger charge is -2.29. The molecule has 0 aromatic heterocycles. The van der Waals surface area contributed by atoms with Crippen LogP contribution in [0.4, 0.5) is 10.5 Å². The van der Waals surface area contributed by atoms with Gasteiger partial charge >= 0.3 is 6.16 Å². The molecular weight excluding hydrogens is 322 g/mol. The van der Waals surface area contributed by atoms with Gasteiger partial charge in [0.2, 0.25) is 0 Å². The summed E-state index contributed by atoms with van der Waals surface area (Å²) >= 11 is 0. The first-order chi connectivity index (χ1) is 12.1. The van der Waals surface area contributed by atoms with Gasteiger partial charge in [-0.05, 0) is 30.0 Å². The third-order valence-electron chi connectivity index (χ3n) is 4.43. The van der Waals surface area contributed by atoms with E-state index in [-0.39, 0.29) is 17.5 Å². The Labute approximate surface area is 145 Å². The van der Waals surface area contributed by atoms with Crippen LogP contribution in [0, 0.1) is 16.0 Å². The Kier molecular flexibility index (Phi) is 5.28. The fraction of sp³-hybridized carbons (Fsp3) is 0.316. The number of hydrogen-bond acceptors (Lipinski definition) is 5. The minimum absolute atomic E-state index is 0.0622. The minimum Gasteiger partial charge on any atom is -0.426 e. The number of ether oxygens (including phenoxy) is 2. The van der Waals surface area contributed by atoms with Gasteiger partial charge in [-0.3, -0.25) is 10.1 Å². The van der Waals surface area contributed by atoms with Crippen molar-refractivity contribution in [1.29, 1.82) is 0 Å². The van der Waals surface area contributed by atoms with E-state index in [4.69, 9.17) is 9.47 Å². The van der Waals surface area contributed by atoms with Crippen LogP contribution >= 0.6 is 0 Å². The van der Waals surface area contributed by atoms with Crippen molar-refractivity contribution in [3.63, 3.8) is 0 Å². The van der Waals surface area contributed by atoms with Gasteiger partial charge in [0.1, 0.15) is 11.9 Å². The number of carbonyl (C=O) groups is 1. The monoisotopic (exact) mass is 341 g/mol. The number of nitro benzene ring substituents is 1. The zero-order chi connectivity index (χ0) is 17.6. The summed E-state index contributed by atoms with van der Waals surface area (Å²) in [6.45, 7) is 0. The molecular formula is C19H19NO5. The molecule has 1 fully saturated rings. The molecule has 2 aromatic rings. The summed E-state index contributed by atoms with van der Waals surface area (Å²) in [7, 11) is 0. The van der Waals surface area contributed by atoms with Gasteiger partial charge in [0, 0.05) is 12.1 Å². The molecule has 0 amide bonds. The Morgan fingerprint density at radius 2 is 1.80 bits per heavy atom. The largest absolute Gasteiger partial charge is 0.514 e. The van der Waals surface area contributed by atoms with Gasteiger partial charge in [-0.25, -0.2) is 4.79 Å². The Hall–Kier alpha value is -2.89. The second-order valence-corrected chi connectivity index (χ2v) is 6.15. The molecule has 6 nitrogen and oxygen atoms in total. The van der Waals surface area contributed by atoms with Crippen LogP contribution in [0.25, 0.3) is 0 Å². The van der Waals surface area contributed by atoms with Crippen LogP contribution in [0.15, 0.2) is 54.6 Å². The summed E-state index contributed by atoms with van der Waals surface area (Å²) in [5.41, 5.74) is 0.878. The van der Waals surface area contributed by atoms with Gasteiger partial charge in [0.25, 0.3) is 5.69 Å². The summed E-state index contributed by atoms with van der Waals surface area (Å²) in [6, 6.07) is 14.9. The molecule has 0 N–H and O–H groups in total. The van der Waals surface area contributed by atoms with Gasteiger partial charge in [-0.2, -0.15) is 0 Å². The number of nitro groups is 1. The molecule has 0 spiro atoms. The summed E-state index contributed by atoms with van der Waals surface area (Å²) in [5.74, 6) is 0.781. The smallest absolute Gasteiger partial charge is 0.426 e. The standard InChI is InChI=1S/C19H19NO5/c21-19(24-17-11-9-16(10-12-17)20(22)23)25-18(13-14-5-4-6-14)15-7-2-1-3-8-15/h1-3,7-12,14,18H,4-6,13H2/t18-/m1/s1. The summed E-state index contributed by atoms with van der Waals surface area (Å²) in [4.78, 5) is 22.3. The predicted octanol–water partition coefficient (Wildman–Crippen LogP) is 5.04. The number of benzene rings is 2. The maximum absolute atomic E-state index is 12.1. The lowest BCUT2D eigenvalue weighted by atomic mass is 9.80. The van der Waals surface area contributed by atoms with E-state index in [0.717, 1.165) is 24.8 Å². The van der Waals surface area contributed by atoms with Crippen molar-refractivity contribution in [3.8, 4) is 5.75 Å². The van der Waals surface area contributed by atoms with Crippen LogP contribution in [0.3, 0.4) is 0 Å². The molecule has 1 aliphatic rings. The molecule has 3 rings (SSSR count). The number of carbonyl (C=O) groups excluding carboxylic acids is 1. The highest BCUT2D eigenvalue weighted by Crippen LogP contribution is 2.36. The van der Waals surface area contributed by atoms with E-state index >= 15 is 0 Å². The molecule has 1 saturated carbocycles. The molecule has 6 heteroatoms. The van der Waals surface area contributed by atoms with Crippen LogP contribution in [-0.2, 0) is 4.74 Å². The molecule has 2 aromatic carbocycles. The average Bonchev–Trinajstić information content (AvgIpc) is 2.58. The van der Waals surface area contributed by atoms with Gasteiger partial charge < -0.3 is 9.47 Å². The van der Waals surface area contributed by atoms with Gasteiger partial charge in [0.15, 0.2) is 0 Å². The average molecular weight is 341 g/mol. The number of rotatable bonds is 6. The second kappa shape index (κ2) is 7.79. The Morgan fingerprint density at radius 3 is 2.36 bits per heavy atom. The third kappa shape index (κ3) is 4.56. The zero-order valence-electron chi connectivity index (χ0n) is 13.7. The van der Waals surface area contributed by atoms with Crippen molar-refractivity contribution >= 4 is 11.8 Å². The molecule has 1 aliphatic carbocycles. The summed E-state index contributed by atoms with van der Waals surface area (Å²) < 4.78 is 10.7. The van der Waals surface area contributed by atoms with E-state index in [1.54, 1.807) is 0 Å². The lowest BCUT2D eigenvalue weighted by molar-refractivity contribution is -0.384. The fourth-order valence-electron chi connectivity index (χ4n) is 2.82. The van der Waals surface area contributed by atoms with Gasteiger partial charge in [0.05, 0.1) is 4.92 Å². The summed E-state index contributed by atoms with van der Waals surface area (Å²) in [5, 5.41) is 10.6. The van der Waals surface area contributed by atoms with E-state index in [2.05, 4.69) is 0 Å². The highest BCUT2D eigenvalue weighted by molar-refractivity contribution is 5.64. The molecule has 0 heterocycles. The van der Waals surface area contributed by atoms with E-state index in [9.17, 15) is 14.9 Å². The normalized spacial score (nSPS) is 15.0. The topological polar surface area (TPSA) is 78.7 Å². The van der Waals surface area contributed by atoms with Crippen molar-refractivity contribution in [2.24, 2.45) is 5.92 Å². The molecule has 0 saturated heterocycles.